The lowest BCUT2D eigenvalue weighted by molar-refractivity contribution is -0.142. The van der Waals surface area contributed by atoms with Gasteiger partial charge in [-0.15, -0.1) is 0 Å². The molecule has 1 N–H and O–H groups in total. The van der Waals surface area contributed by atoms with E-state index in [1.807, 2.05) is 67.6 Å². The zero-order chi connectivity index (χ0) is 27.1. The Balaban J connectivity index is 1.90. The van der Waals surface area contributed by atoms with E-state index in [2.05, 4.69) is 4.72 Å². The SMILES string of the molecule is COC(=O)[C@@H](N=C(c1ccccc1)c1ccccc1)[C@H](NS(=O)(=O)c1ccc(C)cc1)c1cccc(Cl)c1. The molecule has 8 heteroatoms. The number of carbonyl (C=O) groups is 1. The highest BCUT2D eigenvalue weighted by atomic mass is 35.5. The maximum Gasteiger partial charge on any atom is 0.332 e. The van der Waals surface area contributed by atoms with Crippen molar-refractivity contribution in [2.24, 2.45) is 4.99 Å². The molecule has 0 aliphatic rings. The number of sulfonamides is 1. The number of aliphatic imine (C=N–C) groups is 1. The van der Waals surface area contributed by atoms with Crippen molar-refractivity contribution in [3.63, 3.8) is 0 Å². The minimum atomic E-state index is -4.06. The van der Waals surface area contributed by atoms with Crippen LogP contribution in [-0.4, -0.2) is 33.3 Å². The molecule has 0 saturated heterocycles. The Morgan fingerprint density at radius 1 is 0.842 bits per heavy atom. The maximum absolute atomic E-state index is 13.5. The lowest BCUT2D eigenvalue weighted by atomic mass is 9.98. The van der Waals surface area contributed by atoms with Crippen LogP contribution in [0.1, 0.15) is 28.3 Å². The summed E-state index contributed by atoms with van der Waals surface area (Å²) < 4.78 is 34.9. The van der Waals surface area contributed by atoms with Crippen molar-refractivity contribution < 1.29 is 17.9 Å². The molecule has 38 heavy (non-hydrogen) atoms. The third-order valence-corrected chi connectivity index (χ3v) is 7.63. The van der Waals surface area contributed by atoms with Gasteiger partial charge in [-0.2, -0.15) is 0 Å². The van der Waals surface area contributed by atoms with Crippen LogP contribution in [0.25, 0.3) is 0 Å². The summed E-state index contributed by atoms with van der Waals surface area (Å²) in [5, 5.41) is 0.390. The molecule has 4 aromatic carbocycles. The zero-order valence-electron chi connectivity index (χ0n) is 20.9. The predicted octanol–water partition coefficient (Wildman–Crippen LogP) is 5.75. The summed E-state index contributed by atoms with van der Waals surface area (Å²) in [6.45, 7) is 1.87. The minimum absolute atomic E-state index is 0.0639. The largest absolute Gasteiger partial charge is 0.467 e. The zero-order valence-corrected chi connectivity index (χ0v) is 22.5. The van der Waals surface area contributed by atoms with Crippen LogP contribution in [0.3, 0.4) is 0 Å². The van der Waals surface area contributed by atoms with E-state index in [0.717, 1.165) is 16.7 Å². The number of aryl methyl sites for hydroxylation is 1. The van der Waals surface area contributed by atoms with Gasteiger partial charge < -0.3 is 4.74 Å². The van der Waals surface area contributed by atoms with Crippen LogP contribution in [0, 0.1) is 6.92 Å². The van der Waals surface area contributed by atoms with E-state index in [1.165, 1.54) is 19.2 Å². The molecule has 0 unspecified atom stereocenters. The van der Waals surface area contributed by atoms with Crippen molar-refractivity contribution in [2.75, 3.05) is 7.11 Å². The number of rotatable bonds is 9. The number of carbonyl (C=O) groups excluding carboxylic acids is 1. The number of halogens is 1. The summed E-state index contributed by atoms with van der Waals surface area (Å²) in [5.74, 6) is -0.703. The number of benzene rings is 4. The predicted molar refractivity (Wildman–Crippen MR) is 150 cm³/mol. The molecular weight excluding hydrogens is 520 g/mol. The maximum atomic E-state index is 13.5. The van der Waals surface area contributed by atoms with Gasteiger partial charge in [-0.05, 0) is 36.8 Å². The van der Waals surface area contributed by atoms with Crippen LogP contribution in [0.2, 0.25) is 5.02 Å². The molecule has 0 fully saturated rings. The third-order valence-electron chi connectivity index (χ3n) is 5.94. The molecular formula is C30H27ClN2O4S. The lowest BCUT2D eigenvalue weighted by Crippen LogP contribution is -2.40. The van der Waals surface area contributed by atoms with Crippen LogP contribution in [-0.2, 0) is 19.6 Å². The van der Waals surface area contributed by atoms with E-state index in [-0.39, 0.29) is 4.90 Å². The molecule has 0 aromatic heterocycles. The number of nitrogens with one attached hydrogen (secondary N) is 1. The molecule has 0 spiro atoms. The van der Waals surface area contributed by atoms with Crippen molar-refractivity contribution in [3.8, 4) is 0 Å². The van der Waals surface area contributed by atoms with Crippen molar-refractivity contribution in [2.45, 2.75) is 23.9 Å². The molecule has 6 nitrogen and oxygen atoms in total. The standard InChI is InChI=1S/C30H27ClN2O4S/c1-21-16-18-26(19-17-21)38(35,36)33-28(24-14-9-15-25(31)20-24)29(30(34)37-2)32-27(22-10-5-3-6-11-22)23-12-7-4-8-13-23/h3-20,28-29,33H,1-2H3/t28-,29+/m1/s1. The molecule has 0 aliphatic carbocycles. The highest BCUT2D eigenvalue weighted by molar-refractivity contribution is 7.89. The Hall–Kier alpha value is -3.78. The van der Waals surface area contributed by atoms with E-state index < -0.39 is 28.1 Å². The van der Waals surface area contributed by atoms with Gasteiger partial charge in [0.1, 0.15) is 0 Å². The number of esters is 1. The summed E-state index contributed by atoms with van der Waals surface area (Å²) in [4.78, 5) is 18.2. The molecule has 4 aromatic rings. The fourth-order valence-electron chi connectivity index (χ4n) is 4.00. The second kappa shape index (κ2) is 12.2. The number of hydrogen-bond acceptors (Lipinski definition) is 5. The first kappa shape index (κ1) is 27.3. The van der Waals surface area contributed by atoms with E-state index in [0.29, 0.717) is 16.3 Å². The monoisotopic (exact) mass is 546 g/mol. The van der Waals surface area contributed by atoms with Crippen LogP contribution in [0.5, 0.6) is 0 Å². The average Bonchev–Trinajstić information content (AvgIpc) is 2.93. The Morgan fingerprint density at radius 2 is 1.42 bits per heavy atom. The van der Waals surface area contributed by atoms with Gasteiger partial charge >= 0.3 is 5.97 Å². The van der Waals surface area contributed by atoms with Gasteiger partial charge in [0.2, 0.25) is 10.0 Å². The first-order valence-electron chi connectivity index (χ1n) is 11.9. The fraction of sp³-hybridized carbons (Fsp3) is 0.133. The second-order valence-electron chi connectivity index (χ2n) is 8.64. The molecule has 2 atom stereocenters. The highest BCUT2D eigenvalue weighted by Gasteiger charge is 2.35. The van der Waals surface area contributed by atoms with Crippen LogP contribution in [0.4, 0.5) is 0 Å². The van der Waals surface area contributed by atoms with Crippen molar-refractivity contribution in [1.82, 2.24) is 4.72 Å². The highest BCUT2D eigenvalue weighted by Crippen LogP contribution is 2.27. The van der Waals surface area contributed by atoms with Gasteiger partial charge in [0.15, 0.2) is 6.04 Å². The molecule has 0 heterocycles. The Labute approximate surface area is 228 Å². The normalized spacial score (nSPS) is 12.8. The smallest absolute Gasteiger partial charge is 0.332 e. The number of hydrogen-bond donors (Lipinski definition) is 1. The average molecular weight is 547 g/mol. The Morgan fingerprint density at radius 3 is 1.95 bits per heavy atom. The number of nitrogens with zero attached hydrogens (tertiary/aromatic N) is 1. The van der Waals surface area contributed by atoms with Crippen LogP contribution >= 0.6 is 11.6 Å². The van der Waals surface area contributed by atoms with Gasteiger partial charge in [-0.3, -0.25) is 4.99 Å². The molecule has 0 saturated carbocycles. The van der Waals surface area contributed by atoms with Gasteiger partial charge in [-0.1, -0.05) is 102 Å². The lowest BCUT2D eigenvalue weighted by Gasteiger charge is -2.25. The van der Waals surface area contributed by atoms with E-state index in [1.54, 1.807) is 36.4 Å². The van der Waals surface area contributed by atoms with Crippen LogP contribution in [0.15, 0.2) is 119 Å². The second-order valence-corrected chi connectivity index (χ2v) is 10.8. The molecule has 0 bridgehead atoms. The van der Waals surface area contributed by atoms with Gasteiger partial charge in [0.25, 0.3) is 0 Å². The number of ether oxygens (including phenoxy) is 1. The minimum Gasteiger partial charge on any atom is -0.467 e. The summed E-state index contributed by atoms with van der Waals surface area (Å²) >= 11 is 6.28. The van der Waals surface area contributed by atoms with Gasteiger partial charge in [-0.25, -0.2) is 17.9 Å². The summed E-state index contributed by atoms with van der Waals surface area (Å²) in [6, 6.07) is 29.5. The first-order chi connectivity index (χ1) is 18.3. The van der Waals surface area contributed by atoms with Gasteiger partial charge in [0, 0.05) is 16.1 Å². The van der Waals surface area contributed by atoms with Crippen molar-refractivity contribution in [1.29, 1.82) is 0 Å². The van der Waals surface area contributed by atoms with Crippen molar-refractivity contribution >= 4 is 33.3 Å². The molecule has 0 radical (unpaired) electrons. The summed E-state index contributed by atoms with van der Waals surface area (Å²) in [6.07, 6.45) is 0. The van der Waals surface area contributed by atoms with Gasteiger partial charge in [0.05, 0.1) is 23.8 Å². The van der Waals surface area contributed by atoms with E-state index >= 15 is 0 Å². The molecule has 0 amide bonds. The Kier molecular flexibility index (Phi) is 8.73. The first-order valence-corrected chi connectivity index (χ1v) is 13.8. The van der Waals surface area contributed by atoms with E-state index in [9.17, 15) is 13.2 Å². The quantitative estimate of drug-likeness (QED) is 0.214. The summed E-state index contributed by atoms with van der Waals surface area (Å²) in [5.41, 5.74) is 3.43. The van der Waals surface area contributed by atoms with E-state index in [4.69, 9.17) is 21.3 Å². The fourth-order valence-corrected chi connectivity index (χ4v) is 5.43. The summed E-state index contributed by atoms with van der Waals surface area (Å²) in [7, 11) is -2.81. The Bertz CT molecular complexity index is 1480. The third kappa shape index (κ3) is 6.55. The van der Waals surface area contributed by atoms with Crippen LogP contribution < -0.4 is 4.72 Å². The number of methoxy groups -OCH3 is 1. The molecule has 0 aliphatic heterocycles. The topological polar surface area (TPSA) is 84.8 Å². The molecule has 4 rings (SSSR count). The molecule has 194 valence electrons. The van der Waals surface area contributed by atoms with Crippen molar-refractivity contribution in [3.05, 3.63) is 136 Å².